The zero-order valence-electron chi connectivity index (χ0n) is 14.7. The Hall–Kier alpha value is -1.78. The molecule has 3 aliphatic carbocycles. The van der Waals surface area contributed by atoms with Crippen LogP contribution in [0.3, 0.4) is 0 Å². The van der Waals surface area contributed by atoms with E-state index < -0.39 is 0 Å². The zero-order chi connectivity index (χ0) is 16.7. The molecule has 0 radical (unpaired) electrons. The van der Waals surface area contributed by atoms with Crippen molar-refractivity contribution in [2.75, 3.05) is 5.73 Å². The molecule has 3 atom stereocenters. The van der Waals surface area contributed by atoms with Gasteiger partial charge in [0.2, 0.25) is 5.95 Å². The van der Waals surface area contributed by atoms with Crippen molar-refractivity contribution in [3.63, 3.8) is 0 Å². The van der Waals surface area contributed by atoms with Gasteiger partial charge in [0.25, 0.3) is 0 Å². The molecule has 3 fully saturated rings. The summed E-state index contributed by atoms with van der Waals surface area (Å²) in [6.45, 7) is 7.28. The van der Waals surface area contributed by atoms with Gasteiger partial charge in [-0.05, 0) is 49.4 Å². The van der Waals surface area contributed by atoms with Crippen LogP contribution in [0, 0.1) is 16.7 Å². The van der Waals surface area contributed by atoms with Crippen molar-refractivity contribution in [3.05, 3.63) is 17.8 Å². The van der Waals surface area contributed by atoms with E-state index in [1.54, 1.807) is 0 Å². The second kappa shape index (κ2) is 4.44. The van der Waals surface area contributed by atoms with E-state index in [0.717, 1.165) is 17.3 Å². The number of nitrogens with two attached hydrogens (primary N) is 1. The number of ether oxygens (including phenoxy) is 1. The summed E-state index contributed by atoms with van der Waals surface area (Å²) < 4.78 is 8.56. The van der Waals surface area contributed by atoms with Crippen LogP contribution < -0.4 is 10.5 Å². The molecule has 0 aromatic carbocycles. The Labute approximate surface area is 142 Å². The molecular formula is C19H26N4O. The molecule has 0 amide bonds. The average Bonchev–Trinajstić information content (AvgIpc) is 3.26. The Morgan fingerprint density at radius 2 is 2.00 bits per heavy atom. The Bertz CT molecular complexity index is 822. The van der Waals surface area contributed by atoms with Crippen molar-refractivity contribution >= 4 is 11.6 Å². The van der Waals surface area contributed by atoms with Crippen molar-refractivity contribution in [3.8, 4) is 5.75 Å². The molecule has 2 aromatic rings. The normalized spacial score (nSPS) is 34.1. The van der Waals surface area contributed by atoms with E-state index in [1.807, 2.05) is 10.5 Å². The van der Waals surface area contributed by atoms with Crippen LogP contribution in [0.4, 0.5) is 5.95 Å². The second-order valence-corrected chi connectivity index (χ2v) is 8.87. The number of anilines is 1. The number of pyridine rings is 1. The zero-order valence-corrected chi connectivity index (χ0v) is 14.7. The van der Waals surface area contributed by atoms with Gasteiger partial charge >= 0.3 is 0 Å². The van der Waals surface area contributed by atoms with Gasteiger partial charge < -0.3 is 10.5 Å². The number of fused-ring (bicyclic) bond motifs is 3. The van der Waals surface area contributed by atoms with Gasteiger partial charge in [-0.1, -0.05) is 20.8 Å². The van der Waals surface area contributed by atoms with Gasteiger partial charge in [-0.15, -0.1) is 10.2 Å². The predicted molar refractivity (Wildman–Crippen MR) is 93.0 cm³/mol. The summed E-state index contributed by atoms with van der Waals surface area (Å²) in [6.07, 6.45) is 8.66. The molecule has 2 heterocycles. The van der Waals surface area contributed by atoms with Crippen LogP contribution >= 0.6 is 0 Å². The highest BCUT2D eigenvalue weighted by atomic mass is 16.5. The van der Waals surface area contributed by atoms with Gasteiger partial charge in [-0.3, -0.25) is 4.40 Å². The maximum absolute atomic E-state index is 6.68. The van der Waals surface area contributed by atoms with E-state index >= 15 is 0 Å². The summed E-state index contributed by atoms with van der Waals surface area (Å²) in [5.41, 5.74) is 8.61. The van der Waals surface area contributed by atoms with Gasteiger partial charge in [0.05, 0.1) is 0 Å². The summed E-state index contributed by atoms with van der Waals surface area (Å²) >= 11 is 0. The quantitative estimate of drug-likeness (QED) is 0.932. The van der Waals surface area contributed by atoms with Crippen LogP contribution in [0.25, 0.3) is 5.65 Å². The van der Waals surface area contributed by atoms with Crippen molar-refractivity contribution in [1.29, 1.82) is 0 Å². The summed E-state index contributed by atoms with van der Waals surface area (Å²) in [5.74, 6) is 2.84. The Kier molecular flexibility index (Phi) is 2.69. The smallest absolute Gasteiger partial charge is 0.226 e. The third-order valence-electron chi connectivity index (χ3n) is 7.56. The van der Waals surface area contributed by atoms with E-state index in [4.69, 9.17) is 10.5 Å². The monoisotopic (exact) mass is 326 g/mol. The maximum atomic E-state index is 6.68. The first-order chi connectivity index (χ1) is 11.4. The minimum absolute atomic E-state index is 0.261. The lowest BCUT2D eigenvalue weighted by Gasteiger charge is -2.39. The highest BCUT2D eigenvalue weighted by Crippen LogP contribution is 2.66. The lowest BCUT2D eigenvalue weighted by Crippen LogP contribution is -2.39. The number of aromatic nitrogens is 3. The molecule has 5 nitrogen and oxygen atoms in total. The van der Waals surface area contributed by atoms with E-state index in [9.17, 15) is 0 Å². The number of rotatable bonds is 3. The minimum atomic E-state index is 0.261. The predicted octanol–water partition coefficient (Wildman–Crippen LogP) is 3.78. The molecule has 0 saturated heterocycles. The van der Waals surface area contributed by atoms with Crippen molar-refractivity contribution in [2.24, 2.45) is 16.7 Å². The number of hydrogen-bond acceptors (Lipinski definition) is 4. The first-order valence-electron chi connectivity index (χ1n) is 9.21. The minimum Gasteiger partial charge on any atom is -0.489 e. The Morgan fingerprint density at radius 3 is 2.62 bits per heavy atom. The molecule has 3 aliphatic rings. The topological polar surface area (TPSA) is 65.4 Å². The molecule has 3 saturated carbocycles. The molecule has 5 rings (SSSR count). The Balaban J connectivity index is 1.54. The second-order valence-electron chi connectivity index (χ2n) is 8.87. The Morgan fingerprint density at radius 1 is 1.21 bits per heavy atom. The van der Waals surface area contributed by atoms with E-state index in [1.165, 1.54) is 37.7 Å². The molecule has 2 bridgehead atoms. The number of hydrogen-bond donors (Lipinski definition) is 1. The number of nitrogens with zero attached hydrogens (tertiary/aromatic N) is 3. The third-order valence-corrected chi connectivity index (χ3v) is 7.56. The lowest BCUT2D eigenvalue weighted by atomic mass is 9.70. The SMILES string of the molecule is CC1(C)C2CC[C@@]1(C)[C@H](Oc1cc3nnc(N)n3cc1C1CC1)C2. The molecule has 2 N–H and O–H groups in total. The van der Waals surface area contributed by atoms with Crippen LogP contribution in [0.15, 0.2) is 12.3 Å². The van der Waals surface area contributed by atoms with Crippen LogP contribution in [-0.4, -0.2) is 20.7 Å². The van der Waals surface area contributed by atoms with Crippen molar-refractivity contribution in [1.82, 2.24) is 14.6 Å². The largest absolute Gasteiger partial charge is 0.489 e. The molecule has 24 heavy (non-hydrogen) atoms. The first kappa shape index (κ1) is 14.6. The lowest BCUT2D eigenvalue weighted by molar-refractivity contribution is 0.0296. The highest BCUT2D eigenvalue weighted by molar-refractivity contribution is 5.53. The molecule has 2 aromatic heterocycles. The fourth-order valence-electron chi connectivity index (χ4n) is 5.21. The van der Waals surface area contributed by atoms with Crippen LogP contribution in [0.2, 0.25) is 0 Å². The third kappa shape index (κ3) is 1.76. The maximum Gasteiger partial charge on any atom is 0.226 e. The van der Waals surface area contributed by atoms with E-state index in [2.05, 4.69) is 37.2 Å². The average molecular weight is 326 g/mol. The van der Waals surface area contributed by atoms with Gasteiger partial charge in [0.1, 0.15) is 11.9 Å². The van der Waals surface area contributed by atoms with Crippen LogP contribution in [0.5, 0.6) is 5.75 Å². The fourth-order valence-corrected chi connectivity index (χ4v) is 5.21. The van der Waals surface area contributed by atoms with Gasteiger partial charge in [0.15, 0.2) is 5.65 Å². The molecule has 0 spiro atoms. The summed E-state index contributed by atoms with van der Waals surface area (Å²) in [4.78, 5) is 0. The van der Waals surface area contributed by atoms with Gasteiger partial charge in [-0.2, -0.15) is 0 Å². The fraction of sp³-hybridized carbons (Fsp3) is 0.684. The molecular weight excluding hydrogens is 300 g/mol. The summed E-state index contributed by atoms with van der Waals surface area (Å²) in [6, 6.07) is 2.04. The van der Waals surface area contributed by atoms with Gasteiger partial charge in [-0.25, -0.2) is 0 Å². The van der Waals surface area contributed by atoms with Crippen LogP contribution in [0.1, 0.15) is 64.4 Å². The molecule has 1 unspecified atom stereocenters. The molecule has 5 heteroatoms. The van der Waals surface area contributed by atoms with Crippen LogP contribution in [-0.2, 0) is 0 Å². The van der Waals surface area contributed by atoms with E-state index in [-0.39, 0.29) is 5.41 Å². The molecule has 0 aliphatic heterocycles. The van der Waals surface area contributed by atoms with Gasteiger partial charge in [0, 0.05) is 23.2 Å². The van der Waals surface area contributed by atoms with E-state index in [0.29, 0.717) is 23.4 Å². The number of nitrogen functional groups attached to an aromatic ring is 1. The summed E-state index contributed by atoms with van der Waals surface area (Å²) in [7, 11) is 0. The highest BCUT2D eigenvalue weighted by Gasteiger charge is 2.62. The summed E-state index contributed by atoms with van der Waals surface area (Å²) in [5, 5.41) is 8.18. The van der Waals surface area contributed by atoms with Crippen molar-refractivity contribution in [2.45, 2.75) is 64.9 Å². The molecule has 128 valence electrons. The first-order valence-corrected chi connectivity index (χ1v) is 9.21. The van der Waals surface area contributed by atoms with Crippen molar-refractivity contribution < 1.29 is 4.74 Å². The standard InChI is InChI=1S/C19H26N4O/c1-18(2)12-6-7-19(18,3)15(8-12)24-14-9-16-21-22-17(20)23(16)10-13(14)11-4-5-11/h9-12,15H,4-8H2,1-3H3,(H2,20,22)/t12?,15-,19+/m1/s1.